The van der Waals surface area contributed by atoms with E-state index < -0.39 is 40.1 Å². The molecule has 0 spiro atoms. The predicted molar refractivity (Wildman–Crippen MR) is 568 cm³/mol. The Bertz CT molecular complexity index is 7460. The highest BCUT2D eigenvalue weighted by atomic mass is 35.5. The van der Waals surface area contributed by atoms with Gasteiger partial charge in [0, 0.05) is 179 Å². The number of aryl methyl sites for hydroxylation is 1. The first-order valence-corrected chi connectivity index (χ1v) is 59.0. The smallest absolute Gasteiger partial charge is 0.256 e. The van der Waals surface area contributed by atoms with Crippen molar-refractivity contribution in [3.05, 3.63) is 198 Å². The second kappa shape index (κ2) is 43.2. The molecule has 10 aliphatic rings. The Labute approximate surface area is 868 Å². The van der Waals surface area contributed by atoms with E-state index >= 15 is 0 Å². The molecule has 0 unspecified atom stereocenters. The SMILES string of the molecule is CS(=O)(=O)Nc1ccc(Cl)cc1C(=O)N1CCCC[C@H]1c1cc2nc(N3CCC3)cc(N3CCC(O)CC3)n2n1.CS(=O)(=O)Nc1ccc(Cl)cc1C(=O)N1CCCC[C@H]1c1cc2nc(N3CCC3)cc(N3CCCCC3)n2n1.CS(=O)(=O)Nc1ccc(Cl)cc1C(=O)N1CCCC[C@H]1c1cc2nc(N3CCC3)ccn2n1.Cc1cc(N2CCC2)nc2cc([C@@H]3CCCCN3C(=O)c3cc(Cl)ccc3NS(C)(=O)=O)nn12. The summed E-state index contributed by atoms with van der Waals surface area (Å²) in [7, 11) is -14.3. The summed E-state index contributed by atoms with van der Waals surface area (Å²) >= 11 is 24.8. The number of nitrogens with zero attached hydrogens (tertiary/aromatic N) is 22. The molecule has 22 rings (SSSR count). The fourth-order valence-corrected chi connectivity index (χ4v) is 23.6. The third kappa shape index (κ3) is 23.5. The molecule has 4 amide bonds. The number of anilines is 10. The normalized spacial score (nSPS) is 19.7. The maximum absolute atomic E-state index is 13.9. The number of sulfonamides is 4. The van der Waals surface area contributed by atoms with Crippen LogP contribution in [0.4, 0.5) is 57.7 Å². The number of aliphatic hydroxyl groups excluding tert-OH is 1. The minimum absolute atomic E-state index is 0.201. The number of rotatable bonds is 22. The zero-order chi connectivity index (χ0) is 102. The van der Waals surface area contributed by atoms with Gasteiger partial charge in [-0.3, -0.25) is 38.1 Å². The van der Waals surface area contributed by atoms with Crippen LogP contribution in [0.3, 0.4) is 0 Å². The Kier molecular flexibility index (Phi) is 30.4. The van der Waals surface area contributed by atoms with Crippen molar-refractivity contribution in [1.82, 2.24) is 78.0 Å². The Hall–Kier alpha value is -11.8. The van der Waals surface area contributed by atoms with Crippen molar-refractivity contribution in [2.75, 3.05) is 178 Å². The van der Waals surface area contributed by atoms with Crippen LogP contribution < -0.4 is 48.3 Å². The van der Waals surface area contributed by atoms with Crippen molar-refractivity contribution in [3.8, 4) is 0 Å². The molecule has 39 nitrogen and oxygen atoms in total. The summed E-state index contributed by atoms with van der Waals surface area (Å²) in [6, 6.07) is 33.5. The zero-order valence-corrected chi connectivity index (χ0v) is 88.3. The van der Waals surface area contributed by atoms with E-state index in [1.807, 2.05) is 63.1 Å². The van der Waals surface area contributed by atoms with E-state index in [2.05, 4.69) is 60.4 Å². The first-order valence-electron chi connectivity index (χ1n) is 50.0. The number of aliphatic hydroxyl groups is 1. The fraction of sp³-hybridized carbons (Fsp3) is 0.475. The minimum Gasteiger partial charge on any atom is -0.393 e. The molecule has 5 N–H and O–H groups in total. The molecular formula is C99H120Cl4N26O13S4. The highest BCUT2D eigenvalue weighted by molar-refractivity contribution is 7.92. The number of halogens is 4. The van der Waals surface area contributed by atoms with Gasteiger partial charge < -0.3 is 54.1 Å². The largest absolute Gasteiger partial charge is 0.393 e. The number of hydrogen-bond donors (Lipinski definition) is 5. The van der Waals surface area contributed by atoms with Gasteiger partial charge in [-0.2, -0.15) is 29.4 Å². The van der Waals surface area contributed by atoms with Gasteiger partial charge >= 0.3 is 0 Å². The third-order valence-corrected chi connectivity index (χ3v) is 31.7. The van der Waals surface area contributed by atoms with Crippen LogP contribution >= 0.6 is 46.4 Å². The van der Waals surface area contributed by atoms with Gasteiger partial charge in [-0.05, 0) is 221 Å². The number of carbonyl (C=O) groups is 4. The highest BCUT2D eigenvalue weighted by Gasteiger charge is 2.40. The van der Waals surface area contributed by atoms with Crippen LogP contribution in [-0.4, -0.2) is 276 Å². The number of carbonyl (C=O) groups excluding carboxylic acids is 4. The number of fused-ring (bicyclic) bond motifs is 4. The molecule has 8 aromatic heterocycles. The van der Waals surface area contributed by atoms with Gasteiger partial charge in [0.25, 0.3) is 23.6 Å². The third-order valence-electron chi connectivity index (χ3n) is 28.4. The van der Waals surface area contributed by atoms with Gasteiger partial charge in [-0.25, -0.2) is 62.6 Å². The Balaban J connectivity index is 0.000000123. The average Bonchev–Trinajstić information content (AvgIpc) is 1.30. The monoisotopic (exact) mass is 2150 g/mol. The standard InChI is InChI=1S/C27H34ClN7O4S.C27H34ClN7O3S.C23H27ClN6O3S.C22H25ClN6O3S/c1-40(38,39)31-21-7-6-18(28)15-20(21)27(37)34-12-3-2-5-23(34)22-16-25-29-24(32-10-4-11-32)17-26(35(25)30-22)33-13-8-19(36)9-14-33;1-39(37,38)31-21-10-9-19(28)16-20(21)27(36)34-15-6-3-8-23(34)22-17-25-29-24(32-13-7-14-32)18-26(35(25)30-22)33-11-4-2-5-12-33;1-15-12-21(28-9-5-10-28)25-22-14-19(26-30(15)22)20-6-3-4-11-29(20)23(31)17-13-16(24)7-8-18(17)27-34(2,32)33;1-33(31,32)26-17-7-6-15(23)13-16(17)22(30)28-11-3-2-5-19(28)18-14-21-24-20(27-9-4-10-27)8-12-29(21)25-18/h6-7,15-17,19,23,31,36H,2-5,8-14H2,1H3;9-10,16-18,23,31H,2-8,11-15H2,1H3;7-8,12-14,20,27H,3-6,9-11H2,1-2H3;6-8,12-14,19,26H,2-5,9-11H2,1H3/t2*23-;20-;19-/m0000/s1. The topological polar surface area (TPSA) is 426 Å². The Morgan fingerprint density at radius 2 is 0.582 bits per heavy atom. The van der Waals surface area contributed by atoms with E-state index in [-0.39, 0.29) is 98.9 Å². The summed E-state index contributed by atoms with van der Waals surface area (Å²) in [5.74, 6) is 4.66. The summed E-state index contributed by atoms with van der Waals surface area (Å²) in [5.41, 5.74) is 8.85. The lowest BCUT2D eigenvalue weighted by Gasteiger charge is -2.35. The van der Waals surface area contributed by atoms with Crippen molar-refractivity contribution in [3.63, 3.8) is 0 Å². The van der Waals surface area contributed by atoms with Crippen LogP contribution in [0, 0.1) is 6.92 Å². The molecule has 4 atom stereocenters. The lowest BCUT2D eigenvalue weighted by Crippen LogP contribution is -2.39. The molecule has 776 valence electrons. The molecule has 10 saturated heterocycles. The molecule has 0 bridgehead atoms. The molecule has 10 aliphatic heterocycles. The molecule has 0 saturated carbocycles. The molecule has 0 aliphatic carbocycles. The molecule has 146 heavy (non-hydrogen) atoms. The van der Waals surface area contributed by atoms with Crippen molar-refractivity contribution in [2.24, 2.45) is 0 Å². The number of aromatic nitrogens is 12. The van der Waals surface area contributed by atoms with Gasteiger partial charge in [0.05, 0.1) is 123 Å². The van der Waals surface area contributed by atoms with Gasteiger partial charge in [0.1, 0.15) is 34.9 Å². The van der Waals surface area contributed by atoms with E-state index in [0.717, 1.165) is 286 Å². The minimum atomic E-state index is -3.60. The average molecular weight is 2150 g/mol. The summed E-state index contributed by atoms with van der Waals surface area (Å²) in [5, 5.41) is 31.1. The Morgan fingerprint density at radius 1 is 0.301 bits per heavy atom. The van der Waals surface area contributed by atoms with E-state index in [9.17, 15) is 58.0 Å². The lowest BCUT2D eigenvalue weighted by atomic mass is 9.98. The second-order valence-electron chi connectivity index (χ2n) is 39.3. The second-order valence-corrected chi connectivity index (χ2v) is 48.0. The van der Waals surface area contributed by atoms with Crippen LogP contribution in [-0.2, 0) is 40.1 Å². The number of likely N-dealkylation sites (tertiary alicyclic amines) is 4. The molecule has 12 aromatic rings. The highest BCUT2D eigenvalue weighted by Crippen LogP contribution is 2.43. The summed E-state index contributed by atoms with van der Waals surface area (Å²) in [6.45, 7) is 15.6. The van der Waals surface area contributed by atoms with Gasteiger partial charge in [0.2, 0.25) is 40.1 Å². The van der Waals surface area contributed by atoms with Crippen molar-refractivity contribution in [2.45, 2.75) is 172 Å². The molecule has 18 heterocycles. The van der Waals surface area contributed by atoms with Gasteiger partial charge in [0.15, 0.2) is 22.6 Å². The quantitative estimate of drug-likeness (QED) is 0.0421. The van der Waals surface area contributed by atoms with Crippen LogP contribution in [0.2, 0.25) is 20.1 Å². The van der Waals surface area contributed by atoms with Crippen LogP contribution in [0.15, 0.2) is 128 Å². The summed E-state index contributed by atoms with van der Waals surface area (Å²) < 4.78 is 113. The van der Waals surface area contributed by atoms with Gasteiger partial charge in [-0.1, -0.05) is 46.4 Å². The van der Waals surface area contributed by atoms with Crippen LogP contribution in [0.5, 0.6) is 0 Å². The fourth-order valence-electron chi connectivity index (χ4n) is 20.6. The molecular weight excluding hydrogens is 2030 g/mol. The molecule has 0 radical (unpaired) electrons. The van der Waals surface area contributed by atoms with E-state index in [1.165, 1.54) is 74.2 Å². The summed E-state index contributed by atoms with van der Waals surface area (Å²) in [4.78, 5) is 95.4. The number of nitrogens with one attached hydrogen (secondary N) is 4. The molecule has 10 fully saturated rings. The van der Waals surface area contributed by atoms with E-state index in [0.29, 0.717) is 59.1 Å². The molecule has 47 heteroatoms. The number of hydrogen-bond acceptors (Lipinski definition) is 27. The Morgan fingerprint density at radius 3 is 0.911 bits per heavy atom. The number of benzene rings is 4. The lowest BCUT2D eigenvalue weighted by molar-refractivity contribution is 0.0600. The predicted octanol–water partition coefficient (Wildman–Crippen LogP) is 14.6. The van der Waals surface area contributed by atoms with Crippen LogP contribution in [0.1, 0.15) is 229 Å². The van der Waals surface area contributed by atoms with Crippen molar-refractivity contribution < 1.29 is 58.0 Å². The maximum atomic E-state index is 13.9. The maximum Gasteiger partial charge on any atom is 0.256 e. The van der Waals surface area contributed by atoms with E-state index in [4.69, 9.17) is 86.7 Å². The van der Waals surface area contributed by atoms with Crippen molar-refractivity contribution >= 4 is 190 Å². The van der Waals surface area contributed by atoms with Crippen molar-refractivity contribution in [1.29, 1.82) is 0 Å². The van der Waals surface area contributed by atoms with Crippen LogP contribution in [0.25, 0.3) is 22.6 Å². The number of amides is 4. The van der Waals surface area contributed by atoms with Gasteiger partial charge in [-0.15, -0.1) is 0 Å². The first kappa shape index (κ1) is 103. The molecule has 4 aromatic carbocycles. The number of piperidine rings is 6. The zero-order valence-electron chi connectivity index (χ0n) is 82.0. The summed E-state index contributed by atoms with van der Waals surface area (Å²) in [6.07, 6.45) is 25.8. The van der Waals surface area contributed by atoms with E-state index in [1.54, 1.807) is 48.4 Å². The first-order chi connectivity index (χ1) is 69.9.